The molecular formula is C43H78N2O10. The van der Waals surface area contributed by atoms with Crippen LogP contribution in [0.1, 0.15) is 162 Å². The molecule has 0 saturated heterocycles. The molecule has 0 aliphatic carbocycles. The van der Waals surface area contributed by atoms with E-state index in [4.69, 9.17) is 24.4 Å². The number of nitrogens with one attached hydrogen (secondary N) is 1. The molecule has 55 heavy (non-hydrogen) atoms. The second-order valence-electron chi connectivity index (χ2n) is 14.5. The molecule has 4 N–H and O–H groups in total. The van der Waals surface area contributed by atoms with Gasteiger partial charge >= 0.3 is 17.9 Å². The predicted molar refractivity (Wildman–Crippen MR) is 218 cm³/mol. The molecule has 1 amide bonds. The van der Waals surface area contributed by atoms with Crippen molar-refractivity contribution in [1.82, 2.24) is 10.2 Å². The van der Waals surface area contributed by atoms with Crippen molar-refractivity contribution in [2.45, 2.75) is 174 Å². The average Bonchev–Trinajstić information content (AvgIpc) is 3.14. The fourth-order valence-electron chi connectivity index (χ4n) is 6.06. The summed E-state index contributed by atoms with van der Waals surface area (Å²) in [6.45, 7) is 5.10. The summed E-state index contributed by atoms with van der Waals surface area (Å²) in [6.07, 6.45) is 33.5. The highest BCUT2D eigenvalue weighted by molar-refractivity contribution is 5.78. The molecule has 12 nitrogen and oxygen atoms in total. The Morgan fingerprint density at radius 3 is 1.45 bits per heavy atom. The van der Waals surface area contributed by atoms with Gasteiger partial charge in [0.25, 0.3) is 0 Å². The van der Waals surface area contributed by atoms with E-state index in [0.717, 1.165) is 30.6 Å². The summed E-state index contributed by atoms with van der Waals surface area (Å²) < 4.78 is 17.8. The van der Waals surface area contributed by atoms with Crippen molar-refractivity contribution in [2.24, 2.45) is 0 Å². The van der Waals surface area contributed by atoms with E-state index in [-0.39, 0.29) is 31.6 Å². The van der Waals surface area contributed by atoms with E-state index >= 15 is 0 Å². The van der Waals surface area contributed by atoms with Crippen molar-refractivity contribution < 1.29 is 48.7 Å². The maximum atomic E-state index is 12.5. The van der Waals surface area contributed by atoms with Gasteiger partial charge < -0.3 is 34.8 Å². The van der Waals surface area contributed by atoms with E-state index in [0.29, 0.717) is 39.3 Å². The number of unbranched alkanes of at least 4 members (excludes halogenated alkanes) is 17. The molecule has 0 heterocycles. The number of aliphatic carboxylic acids is 3. The summed E-state index contributed by atoms with van der Waals surface area (Å²) in [5, 5.41) is 30.5. The van der Waals surface area contributed by atoms with E-state index in [1.165, 1.54) is 103 Å². The predicted octanol–water partition coefficient (Wildman–Crippen LogP) is 8.57. The van der Waals surface area contributed by atoms with Gasteiger partial charge in [-0.15, -0.1) is 0 Å². The van der Waals surface area contributed by atoms with Crippen LogP contribution in [0.2, 0.25) is 0 Å². The van der Waals surface area contributed by atoms with Crippen molar-refractivity contribution in [1.29, 1.82) is 0 Å². The number of nitrogens with zero attached hydrogens (tertiary/aromatic N) is 1. The van der Waals surface area contributed by atoms with Gasteiger partial charge in [0.05, 0.1) is 26.3 Å². The number of carbonyl (C=O) groups excluding carboxylic acids is 1. The Labute approximate surface area is 332 Å². The molecule has 0 fully saturated rings. The third kappa shape index (κ3) is 36.6. The van der Waals surface area contributed by atoms with Crippen LogP contribution in [-0.2, 0) is 33.4 Å². The molecule has 0 rings (SSSR count). The Hall–Kier alpha value is -2.80. The van der Waals surface area contributed by atoms with Gasteiger partial charge in [-0.25, -0.2) is 0 Å². The second kappa shape index (κ2) is 39.4. The Morgan fingerprint density at radius 2 is 1.02 bits per heavy atom. The quantitative estimate of drug-likeness (QED) is 0.0345. The highest BCUT2D eigenvalue weighted by Gasteiger charge is 2.28. The van der Waals surface area contributed by atoms with Crippen LogP contribution in [0.15, 0.2) is 24.3 Å². The zero-order chi connectivity index (χ0) is 40.6. The molecule has 1 atom stereocenters. The topological polar surface area (TPSA) is 172 Å². The Balaban J connectivity index is 4.50. The Bertz CT molecular complexity index is 952. The first kappa shape index (κ1) is 52.2. The lowest BCUT2D eigenvalue weighted by Crippen LogP contribution is -2.46. The fraction of sp³-hybridized carbons (Fsp3) is 0.814. The molecule has 320 valence electrons. The fourth-order valence-corrected chi connectivity index (χ4v) is 6.06. The molecule has 0 aliphatic rings. The van der Waals surface area contributed by atoms with Gasteiger partial charge in [0.2, 0.25) is 5.91 Å². The van der Waals surface area contributed by atoms with Crippen LogP contribution in [-0.4, -0.2) is 109 Å². The molecule has 0 saturated carbocycles. The number of rotatable bonds is 42. The zero-order valence-electron chi connectivity index (χ0n) is 34.5. The summed E-state index contributed by atoms with van der Waals surface area (Å²) in [5.74, 6) is -4.22. The van der Waals surface area contributed by atoms with E-state index in [1.807, 2.05) is 0 Å². The Morgan fingerprint density at radius 1 is 0.582 bits per heavy atom. The van der Waals surface area contributed by atoms with Gasteiger partial charge in [-0.05, 0) is 70.6 Å². The highest BCUT2D eigenvalue weighted by Crippen LogP contribution is 2.12. The van der Waals surface area contributed by atoms with Crippen molar-refractivity contribution >= 4 is 23.8 Å². The van der Waals surface area contributed by atoms with Crippen molar-refractivity contribution in [3.05, 3.63) is 24.3 Å². The third-order valence-corrected chi connectivity index (χ3v) is 9.29. The van der Waals surface area contributed by atoms with Crippen LogP contribution in [0.4, 0.5) is 0 Å². The van der Waals surface area contributed by atoms with Gasteiger partial charge in [0.15, 0.2) is 0 Å². The number of amides is 1. The number of carboxylic acids is 3. The smallest absolute Gasteiger partial charge is 0.320 e. The molecule has 0 bridgehead atoms. The van der Waals surface area contributed by atoms with E-state index in [2.05, 4.69) is 43.5 Å². The zero-order valence-corrected chi connectivity index (χ0v) is 34.5. The van der Waals surface area contributed by atoms with Gasteiger partial charge in [-0.1, -0.05) is 115 Å². The molecule has 0 spiro atoms. The van der Waals surface area contributed by atoms with E-state index in [9.17, 15) is 24.3 Å². The average molecular weight is 783 g/mol. The Kier molecular flexibility index (Phi) is 37.4. The molecule has 0 aromatic rings. The minimum atomic E-state index is -1.31. The summed E-state index contributed by atoms with van der Waals surface area (Å²) in [7, 11) is 0. The van der Waals surface area contributed by atoms with Crippen LogP contribution in [0, 0.1) is 0 Å². The van der Waals surface area contributed by atoms with E-state index < -0.39 is 37.0 Å². The van der Waals surface area contributed by atoms with Crippen LogP contribution in [0.25, 0.3) is 0 Å². The number of hydrogen-bond donors (Lipinski definition) is 4. The normalized spacial score (nSPS) is 12.4. The molecule has 0 aliphatic heterocycles. The highest BCUT2D eigenvalue weighted by atomic mass is 16.6. The molecular weight excluding hydrogens is 704 g/mol. The molecule has 12 heteroatoms. The number of allylic oxidation sites excluding steroid dienone is 4. The van der Waals surface area contributed by atoms with Crippen LogP contribution < -0.4 is 5.32 Å². The third-order valence-electron chi connectivity index (χ3n) is 9.29. The van der Waals surface area contributed by atoms with Gasteiger partial charge in [-0.3, -0.25) is 24.1 Å². The molecule has 0 aromatic heterocycles. The lowest BCUT2D eigenvalue weighted by atomic mass is 10.1. The standard InChI is InChI=1S/C43H78N2O10/c1-3-5-7-9-11-13-15-17-19-21-23-27-31-53-35-38(36-54-32-28-24-22-20-18-16-14-12-10-8-6-4-2)55-37-40(46)44-30-26-25-29-39(43(51)52)45(33-41(47)48)34-42(49)50/h9-12,38-39H,3-8,13-37H2,1-2H3,(H,44,46)(H,47,48)(H,49,50)(H,51,52)/b11-9-,12-10-. The lowest BCUT2D eigenvalue weighted by molar-refractivity contribution is -0.149. The second-order valence-corrected chi connectivity index (χ2v) is 14.5. The molecule has 0 aromatic carbocycles. The number of hydrogen-bond acceptors (Lipinski definition) is 8. The van der Waals surface area contributed by atoms with Crippen molar-refractivity contribution in [3.8, 4) is 0 Å². The first-order chi connectivity index (χ1) is 26.7. The van der Waals surface area contributed by atoms with Crippen LogP contribution in [0.3, 0.4) is 0 Å². The first-order valence-corrected chi connectivity index (χ1v) is 21.4. The van der Waals surface area contributed by atoms with E-state index in [1.54, 1.807) is 0 Å². The number of carbonyl (C=O) groups is 4. The lowest BCUT2D eigenvalue weighted by Gasteiger charge is -2.25. The van der Waals surface area contributed by atoms with Gasteiger partial charge in [0.1, 0.15) is 18.8 Å². The first-order valence-electron chi connectivity index (χ1n) is 21.4. The SMILES string of the molecule is CCCC/C=C\CCCCCCCCOCC(COCCCCCCCC/C=C\CCCC)OCC(=O)NCCCCC(C(=O)O)N(CC(=O)O)CC(=O)O. The van der Waals surface area contributed by atoms with Gasteiger partial charge in [-0.2, -0.15) is 0 Å². The maximum absolute atomic E-state index is 12.5. The minimum absolute atomic E-state index is 0.0482. The summed E-state index contributed by atoms with van der Waals surface area (Å²) in [4.78, 5) is 47.4. The maximum Gasteiger partial charge on any atom is 0.320 e. The molecule has 1 unspecified atom stereocenters. The van der Waals surface area contributed by atoms with Crippen molar-refractivity contribution in [2.75, 3.05) is 52.7 Å². The summed E-state index contributed by atoms with van der Waals surface area (Å²) >= 11 is 0. The largest absolute Gasteiger partial charge is 0.480 e. The van der Waals surface area contributed by atoms with Crippen LogP contribution >= 0.6 is 0 Å². The summed E-state index contributed by atoms with van der Waals surface area (Å²) in [5.41, 5.74) is 0. The summed E-state index contributed by atoms with van der Waals surface area (Å²) in [6, 6.07) is -1.26. The van der Waals surface area contributed by atoms with Crippen molar-refractivity contribution in [3.63, 3.8) is 0 Å². The monoisotopic (exact) mass is 783 g/mol. The minimum Gasteiger partial charge on any atom is -0.480 e. The number of ether oxygens (including phenoxy) is 3. The molecule has 0 radical (unpaired) electrons. The number of carboxylic acid groups (broad SMARTS) is 3. The van der Waals surface area contributed by atoms with Gasteiger partial charge in [0, 0.05) is 19.8 Å². The van der Waals surface area contributed by atoms with Crippen LogP contribution in [0.5, 0.6) is 0 Å².